The summed E-state index contributed by atoms with van der Waals surface area (Å²) in [7, 11) is 0. The summed E-state index contributed by atoms with van der Waals surface area (Å²) in [5.41, 5.74) is -0.101. The second-order valence-corrected chi connectivity index (χ2v) is 10.4. The molecule has 3 amide bonds. The van der Waals surface area contributed by atoms with Gasteiger partial charge in [-0.2, -0.15) is 0 Å². The van der Waals surface area contributed by atoms with Gasteiger partial charge in [-0.3, -0.25) is 9.59 Å². The lowest BCUT2D eigenvalue weighted by Crippen LogP contribution is -2.51. The van der Waals surface area contributed by atoms with E-state index in [2.05, 4.69) is 10.2 Å². The number of halogens is 1. The van der Waals surface area contributed by atoms with E-state index in [1.165, 1.54) is 12.1 Å². The van der Waals surface area contributed by atoms with Gasteiger partial charge in [-0.1, -0.05) is 25.3 Å². The number of urea groups is 1. The molecule has 2 aliphatic carbocycles. The number of carboxylic acid groups (broad SMARTS) is 1. The van der Waals surface area contributed by atoms with Crippen molar-refractivity contribution in [3.05, 3.63) is 29.6 Å². The fraction of sp³-hybridized carbons (Fsp3) is 0.640. The van der Waals surface area contributed by atoms with E-state index in [0.29, 0.717) is 31.6 Å². The number of imide groups is 1. The Hall–Kier alpha value is -2.48. The first-order valence-electron chi connectivity index (χ1n) is 12.2. The largest absolute Gasteiger partial charge is 0.481 e. The fourth-order valence-electron chi connectivity index (χ4n) is 6.33. The summed E-state index contributed by atoms with van der Waals surface area (Å²) in [6.07, 6.45) is 7.50. The summed E-state index contributed by atoms with van der Waals surface area (Å²) >= 11 is 0. The van der Waals surface area contributed by atoms with Gasteiger partial charge in [-0.25, -0.2) is 14.1 Å². The maximum atomic E-state index is 14.0. The molecule has 5 rings (SSSR count). The highest BCUT2D eigenvalue weighted by Gasteiger charge is 2.54. The molecular weight excluding hydrogens is 425 g/mol. The number of nitrogens with zero attached hydrogens (tertiary/aromatic N) is 2. The number of fused-ring (bicyclic) bond motifs is 2. The first-order valence-corrected chi connectivity index (χ1v) is 12.2. The average Bonchev–Trinajstić information content (AvgIpc) is 3.34. The third kappa shape index (κ3) is 3.72. The van der Waals surface area contributed by atoms with Crippen LogP contribution in [0.3, 0.4) is 0 Å². The molecule has 2 saturated carbocycles. The number of carbonyl (C=O) groups is 3. The van der Waals surface area contributed by atoms with Gasteiger partial charge >= 0.3 is 12.0 Å². The Labute approximate surface area is 193 Å². The SMILES string of the molecule is O=C(NCC1CCN(CC2(C(=O)O)CCC2)CC1)N1C(=O)C2(CCCC2)c2ccc(F)cc21. The number of anilines is 1. The molecule has 0 bridgehead atoms. The number of piperidine rings is 1. The average molecular weight is 458 g/mol. The second kappa shape index (κ2) is 8.38. The molecule has 2 heterocycles. The zero-order chi connectivity index (χ0) is 23.2. The lowest BCUT2D eigenvalue weighted by molar-refractivity contribution is -0.156. The number of carbonyl (C=O) groups excluding carboxylic acids is 2. The molecular formula is C25H32FN3O4. The van der Waals surface area contributed by atoms with Crippen LogP contribution in [-0.4, -0.2) is 54.1 Å². The molecule has 8 heteroatoms. The van der Waals surface area contributed by atoms with Gasteiger partial charge in [0.2, 0.25) is 5.91 Å². The second-order valence-electron chi connectivity index (χ2n) is 10.4. The summed E-state index contributed by atoms with van der Waals surface area (Å²) in [5, 5.41) is 12.5. The molecule has 0 atom stereocenters. The number of rotatable bonds is 5. The third-order valence-electron chi connectivity index (χ3n) is 8.53. The van der Waals surface area contributed by atoms with E-state index >= 15 is 0 Å². The highest BCUT2D eigenvalue weighted by atomic mass is 19.1. The molecule has 4 aliphatic rings. The van der Waals surface area contributed by atoms with Gasteiger partial charge in [-0.05, 0) is 75.2 Å². The number of aliphatic carboxylic acids is 1. The normalized spacial score (nSPS) is 24.0. The predicted molar refractivity (Wildman–Crippen MR) is 121 cm³/mol. The topological polar surface area (TPSA) is 89.9 Å². The molecule has 33 heavy (non-hydrogen) atoms. The molecule has 1 aromatic rings. The van der Waals surface area contributed by atoms with E-state index in [4.69, 9.17) is 0 Å². The molecule has 2 aliphatic heterocycles. The molecule has 2 N–H and O–H groups in total. The number of nitrogens with one attached hydrogen (secondary N) is 1. The zero-order valence-corrected chi connectivity index (χ0v) is 18.9. The Balaban J connectivity index is 1.19. The molecule has 0 aromatic heterocycles. The minimum atomic E-state index is -0.687. The molecule has 1 saturated heterocycles. The van der Waals surface area contributed by atoms with Gasteiger partial charge in [0, 0.05) is 13.1 Å². The number of carboxylic acids is 1. The first kappa shape index (κ1) is 22.3. The predicted octanol–water partition coefficient (Wildman–Crippen LogP) is 3.66. The fourth-order valence-corrected chi connectivity index (χ4v) is 6.33. The van der Waals surface area contributed by atoms with Crippen LogP contribution in [0.2, 0.25) is 0 Å². The monoisotopic (exact) mass is 457 g/mol. The minimum absolute atomic E-state index is 0.229. The van der Waals surface area contributed by atoms with Gasteiger partial charge in [-0.15, -0.1) is 0 Å². The Morgan fingerprint density at radius 1 is 1.09 bits per heavy atom. The standard InChI is InChI=1S/C25H32FN3O4/c26-18-4-5-19-20(14-18)29(21(30)25(19)10-1-2-11-25)23(33)27-15-17-6-12-28(13-7-17)16-24(22(31)32)8-3-9-24/h4-5,14,17H,1-3,6-13,15-16H2,(H,27,33)(H,31,32). The van der Waals surface area contributed by atoms with Crippen molar-refractivity contribution in [2.24, 2.45) is 11.3 Å². The summed E-state index contributed by atoms with van der Waals surface area (Å²) in [4.78, 5) is 41.5. The van der Waals surface area contributed by atoms with Gasteiger partial charge in [0.25, 0.3) is 0 Å². The van der Waals surface area contributed by atoms with Gasteiger partial charge < -0.3 is 15.3 Å². The van der Waals surface area contributed by atoms with Crippen LogP contribution in [0, 0.1) is 17.2 Å². The van der Waals surface area contributed by atoms with E-state index in [-0.39, 0.29) is 11.8 Å². The molecule has 0 radical (unpaired) electrons. The van der Waals surface area contributed by atoms with Crippen LogP contribution in [0.25, 0.3) is 0 Å². The first-order chi connectivity index (χ1) is 15.8. The summed E-state index contributed by atoms with van der Waals surface area (Å²) < 4.78 is 14.0. The quantitative estimate of drug-likeness (QED) is 0.704. The number of hydrogen-bond donors (Lipinski definition) is 2. The van der Waals surface area contributed by atoms with Crippen molar-refractivity contribution in [2.75, 3.05) is 31.1 Å². The Kier molecular flexibility index (Phi) is 5.67. The van der Waals surface area contributed by atoms with Crippen LogP contribution < -0.4 is 10.2 Å². The molecule has 0 unspecified atom stereocenters. The lowest BCUT2D eigenvalue weighted by Gasteiger charge is -2.43. The van der Waals surface area contributed by atoms with Crippen molar-refractivity contribution in [3.63, 3.8) is 0 Å². The highest BCUT2D eigenvalue weighted by Crippen LogP contribution is 2.51. The van der Waals surface area contributed by atoms with Crippen molar-refractivity contribution in [1.82, 2.24) is 10.2 Å². The van der Waals surface area contributed by atoms with Crippen molar-refractivity contribution in [3.8, 4) is 0 Å². The van der Waals surface area contributed by atoms with Gasteiger partial charge in [0.1, 0.15) is 5.82 Å². The summed E-state index contributed by atoms with van der Waals surface area (Å²) in [6, 6.07) is 3.87. The van der Waals surface area contributed by atoms with E-state index in [9.17, 15) is 23.9 Å². The summed E-state index contributed by atoms with van der Waals surface area (Å²) in [6.45, 7) is 2.69. The van der Waals surface area contributed by atoms with Crippen LogP contribution in [0.1, 0.15) is 63.4 Å². The smallest absolute Gasteiger partial charge is 0.328 e. The van der Waals surface area contributed by atoms with Crippen LogP contribution in [-0.2, 0) is 15.0 Å². The lowest BCUT2D eigenvalue weighted by atomic mass is 9.68. The van der Waals surface area contributed by atoms with Crippen molar-refractivity contribution < 1.29 is 23.9 Å². The zero-order valence-electron chi connectivity index (χ0n) is 18.9. The highest BCUT2D eigenvalue weighted by molar-refractivity contribution is 6.22. The van der Waals surface area contributed by atoms with Crippen LogP contribution in [0.15, 0.2) is 18.2 Å². The number of benzene rings is 1. The molecule has 1 spiro atoms. The van der Waals surface area contributed by atoms with E-state index < -0.39 is 28.6 Å². The molecule has 7 nitrogen and oxygen atoms in total. The van der Waals surface area contributed by atoms with Gasteiger partial charge in [0.05, 0.1) is 16.5 Å². The molecule has 1 aromatic carbocycles. The minimum Gasteiger partial charge on any atom is -0.481 e. The van der Waals surface area contributed by atoms with Crippen molar-refractivity contribution in [2.45, 2.75) is 63.2 Å². The Morgan fingerprint density at radius 2 is 1.79 bits per heavy atom. The maximum Gasteiger partial charge on any atom is 0.328 e. The third-order valence-corrected chi connectivity index (χ3v) is 8.53. The number of amides is 3. The van der Waals surface area contributed by atoms with Crippen LogP contribution in [0.4, 0.5) is 14.9 Å². The number of hydrogen-bond acceptors (Lipinski definition) is 4. The van der Waals surface area contributed by atoms with Crippen LogP contribution >= 0.6 is 0 Å². The van der Waals surface area contributed by atoms with Crippen LogP contribution in [0.5, 0.6) is 0 Å². The van der Waals surface area contributed by atoms with Crippen molar-refractivity contribution in [1.29, 1.82) is 0 Å². The Bertz CT molecular complexity index is 962. The van der Waals surface area contributed by atoms with E-state index in [0.717, 1.165) is 68.5 Å². The molecule has 178 valence electrons. The maximum absolute atomic E-state index is 14.0. The van der Waals surface area contributed by atoms with Crippen molar-refractivity contribution >= 4 is 23.6 Å². The Morgan fingerprint density at radius 3 is 2.39 bits per heavy atom. The van der Waals surface area contributed by atoms with Gasteiger partial charge in [0.15, 0.2) is 0 Å². The van der Waals surface area contributed by atoms with E-state index in [1.807, 2.05) is 0 Å². The summed E-state index contributed by atoms with van der Waals surface area (Å²) in [5.74, 6) is -1.09. The molecule has 3 fully saturated rings. The van der Waals surface area contributed by atoms with E-state index in [1.54, 1.807) is 6.07 Å². The number of likely N-dealkylation sites (tertiary alicyclic amines) is 1.